The van der Waals surface area contributed by atoms with Crippen LogP contribution in [0.5, 0.6) is 0 Å². The molecule has 1 aromatic carbocycles. The highest BCUT2D eigenvalue weighted by atomic mass is 19.4. The van der Waals surface area contributed by atoms with Gasteiger partial charge in [-0.2, -0.15) is 13.2 Å². The lowest BCUT2D eigenvalue weighted by Crippen LogP contribution is -2.11. The number of halogens is 4. The van der Waals surface area contributed by atoms with E-state index in [0.717, 1.165) is 6.07 Å². The Labute approximate surface area is 122 Å². The molecule has 22 heavy (non-hydrogen) atoms. The topological polar surface area (TPSA) is 62.2 Å². The van der Waals surface area contributed by atoms with Gasteiger partial charge in [-0.15, -0.1) is 0 Å². The zero-order chi connectivity index (χ0) is 16.5. The molecule has 2 rings (SSSR count). The molecule has 116 valence electrons. The third-order valence-corrected chi connectivity index (χ3v) is 2.89. The lowest BCUT2D eigenvalue weighted by atomic mass is 10.1. The second-order valence-electron chi connectivity index (χ2n) is 4.51. The SMILES string of the molecule is Cc1cc(F)ccc1Nc1ncc(C(F)(F)F)cc1C(=O)O. The van der Waals surface area contributed by atoms with E-state index in [1.165, 1.54) is 12.1 Å². The van der Waals surface area contributed by atoms with Crippen LogP contribution in [0.2, 0.25) is 0 Å². The molecule has 8 heteroatoms. The van der Waals surface area contributed by atoms with Crippen molar-refractivity contribution in [2.24, 2.45) is 0 Å². The number of anilines is 2. The number of carboxylic acids is 1. The van der Waals surface area contributed by atoms with Crippen molar-refractivity contribution in [1.29, 1.82) is 0 Å². The van der Waals surface area contributed by atoms with Gasteiger partial charge in [0.1, 0.15) is 17.2 Å². The summed E-state index contributed by atoms with van der Waals surface area (Å²) in [4.78, 5) is 14.6. The number of carboxylic acid groups (broad SMARTS) is 1. The van der Waals surface area contributed by atoms with Crippen LogP contribution in [0.4, 0.5) is 29.1 Å². The van der Waals surface area contributed by atoms with Crippen LogP contribution in [-0.2, 0) is 6.18 Å². The van der Waals surface area contributed by atoms with Crippen LogP contribution in [0.25, 0.3) is 0 Å². The Kier molecular flexibility index (Phi) is 4.03. The molecule has 0 spiro atoms. The van der Waals surface area contributed by atoms with E-state index in [4.69, 9.17) is 5.11 Å². The van der Waals surface area contributed by atoms with Crippen molar-refractivity contribution in [3.05, 3.63) is 53.0 Å². The van der Waals surface area contributed by atoms with Crippen molar-refractivity contribution >= 4 is 17.5 Å². The number of aromatic nitrogens is 1. The number of nitrogens with one attached hydrogen (secondary N) is 1. The lowest BCUT2D eigenvalue weighted by molar-refractivity contribution is -0.137. The predicted molar refractivity (Wildman–Crippen MR) is 70.6 cm³/mol. The van der Waals surface area contributed by atoms with Crippen LogP contribution < -0.4 is 5.32 Å². The Morgan fingerprint density at radius 2 is 1.95 bits per heavy atom. The summed E-state index contributed by atoms with van der Waals surface area (Å²) in [5, 5.41) is 11.6. The van der Waals surface area contributed by atoms with Gasteiger partial charge in [0.05, 0.1) is 5.56 Å². The molecule has 0 saturated heterocycles. The molecule has 0 fully saturated rings. The molecule has 0 aliphatic carbocycles. The molecule has 0 unspecified atom stereocenters. The van der Waals surface area contributed by atoms with E-state index in [9.17, 15) is 22.4 Å². The first-order chi connectivity index (χ1) is 10.2. The Bertz CT molecular complexity index is 729. The van der Waals surface area contributed by atoms with Gasteiger partial charge in [0.2, 0.25) is 0 Å². The maximum absolute atomic E-state index is 13.0. The third-order valence-electron chi connectivity index (χ3n) is 2.89. The second-order valence-corrected chi connectivity index (χ2v) is 4.51. The first kappa shape index (κ1) is 15.7. The van der Waals surface area contributed by atoms with E-state index in [1.54, 1.807) is 6.92 Å². The van der Waals surface area contributed by atoms with Gasteiger partial charge >= 0.3 is 12.1 Å². The van der Waals surface area contributed by atoms with E-state index in [1.807, 2.05) is 0 Å². The van der Waals surface area contributed by atoms with Crippen molar-refractivity contribution in [3.63, 3.8) is 0 Å². The molecular weight excluding hydrogens is 304 g/mol. The maximum Gasteiger partial charge on any atom is 0.417 e. The molecule has 1 heterocycles. The van der Waals surface area contributed by atoms with Crippen molar-refractivity contribution < 1.29 is 27.5 Å². The summed E-state index contributed by atoms with van der Waals surface area (Å²) in [6.07, 6.45) is -4.16. The molecule has 0 aliphatic rings. The minimum atomic E-state index is -4.69. The zero-order valence-corrected chi connectivity index (χ0v) is 11.2. The number of aromatic carboxylic acids is 1. The van der Waals surface area contributed by atoms with Crippen molar-refractivity contribution in [1.82, 2.24) is 4.98 Å². The molecule has 0 atom stereocenters. The number of rotatable bonds is 3. The lowest BCUT2D eigenvalue weighted by Gasteiger charge is -2.13. The summed E-state index contributed by atoms with van der Waals surface area (Å²) in [6, 6.07) is 4.18. The molecular formula is C14H10F4N2O2. The number of nitrogens with zero attached hydrogens (tertiary/aromatic N) is 1. The number of carbonyl (C=O) groups is 1. The van der Waals surface area contributed by atoms with E-state index in [0.29, 0.717) is 23.5 Å². The van der Waals surface area contributed by atoms with Crippen LogP contribution in [0.1, 0.15) is 21.5 Å². The van der Waals surface area contributed by atoms with Gasteiger partial charge < -0.3 is 10.4 Å². The van der Waals surface area contributed by atoms with Crippen molar-refractivity contribution in [2.75, 3.05) is 5.32 Å². The highest BCUT2D eigenvalue weighted by molar-refractivity contribution is 5.94. The molecule has 2 aromatic rings. The maximum atomic E-state index is 13.0. The minimum absolute atomic E-state index is 0.254. The highest BCUT2D eigenvalue weighted by Gasteiger charge is 2.32. The summed E-state index contributed by atoms with van der Waals surface area (Å²) in [6.45, 7) is 1.57. The van der Waals surface area contributed by atoms with E-state index < -0.39 is 29.1 Å². The second kappa shape index (κ2) is 5.63. The number of pyridine rings is 1. The number of hydrogen-bond donors (Lipinski definition) is 2. The largest absolute Gasteiger partial charge is 0.478 e. The van der Waals surface area contributed by atoms with Gasteiger partial charge in [-0.3, -0.25) is 0 Å². The van der Waals surface area contributed by atoms with E-state index in [-0.39, 0.29) is 5.82 Å². The Morgan fingerprint density at radius 3 is 2.50 bits per heavy atom. The zero-order valence-electron chi connectivity index (χ0n) is 11.2. The summed E-state index contributed by atoms with van der Waals surface area (Å²) < 4.78 is 50.8. The highest BCUT2D eigenvalue weighted by Crippen LogP contribution is 2.31. The Balaban J connectivity index is 2.44. The van der Waals surface area contributed by atoms with Gasteiger partial charge in [-0.25, -0.2) is 14.2 Å². The summed E-state index contributed by atoms with van der Waals surface area (Å²) in [7, 11) is 0. The fraction of sp³-hybridized carbons (Fsp3) is 0.143. The van der Waals surface area contributed by atoms with Crippen LogP contribution in [0, 0.1) is 12.7 Å². The standard InChI is InChI=1S/C14H10F4N2O2/c1-7-4-9(15)2-3-11(7)20-12-10(13(21)22)5-8(6-19-12)14(16,17)18/h2-6H,1H3,(H,19,20)(H,21,22). The van der Waals surface area contributed by atoms with E-state index in [2.05, 4.69) is 10.3 Å². The van der Waals surface area contributed by atoms with Crippen LogP contribution >= 0.6 is 0 Å². The molecule has 1 aromatic heterocycles. The van der Waals surface area contributed by atoms with Crippen LogP contribution in [0.15, 0.2) is 30.5 Å². The fourth-order valence-electron chi connectivity index (χ4n) is 1.78. The fourth-order valence-corrected chi connectivity index (χ4v) is 1.78. The molecule has 0 bridgehead atoms. The average molecular weight is 314 g/mol. The molecule has 0 amide bonds. The number of benzene rings is 1. The monoisotopic (exact) mass is 314 g/mol. The molecule has 0 saturated carbocycles. The van der Waals surface area contributed by atoms with Crippen LogP contribution in [0.3, 0.4) is 0 Å². The minimum Gasteiger partial charge on any atom is -0.478 e. The Morgan fingerprint density at radius 1 is 1.27 bits per heavy atom. The quantitative estimate of drug-likeness (QED) is 0.841. The smallest absolute Gasteiger partial charge is 0.417 e. The summed E-state index contributed by atoms with van der Waals surface area (Å²) in [5.74, 6) is -2.29. The average Bonchev–Trinajstić information content (AvgIpc) is 2.40. The van der Waals surface area contributed by atoms with Gasteiger partial charge in [0, 0.05) is 11.9 Å². The van der Waals surface area contributed by atoms with Gasteiger partial charge in [0.25, 0.3) is 0 Å². The normalized spacial score (nSPS) is 11.3. The molecule has 2 N–H and O–H groups in total. The number of alkyl halides is 3. The van der Waals surface area contributed by atoms with E-state index >= 15 is 0 Å². The van der Waals surface area contributed by atoms with Gasteiger partial charge in [-0.1, -0.05) is 0 Å². The summed E-state index contributed by atoms with van der Waals surface area (Å²) >= 11 is 0. The van der Waals surface area contributed by atoms with Crippen LogP contribution in [-0.4, -0.2) is 16.1 Å². The predicted octanol–water partition coefficient (Wildman–Crippen LogP) is 3.99. The van der Waals surface area contributed by atoms with Crippen molar-refractivity contribution in [3.8, 4) is 0 Å². The van der Waals surface area contributed by atoms with Gasteiger partial charge in [-0.05, 0) is 36.8 Å². The number of hydrogen-bond acceptors (Lipinski definition) is 3. The molecule has 0 aliphatic heterocycles. The summed E-state index contributed by atoms with van der Waals surface area (Å²) in [5.41, 5.74) is -0.987. The first-order valence-corrected chi connectivity index (χ1v) is 6.02. The number of aryl methyl sites for hydroxylation is 1. The molecule has 0 radical (unpaired) electrons. The third kappa shape index (κ3) is 3.33. The molecule has 4 nitrogen and oxygen atoms in total. The Hall–Kier alpha value is -2.64. The first-order valence-electron chi connectivity index (χ1n) is 6.02. The van der Waals surface area contributed by atoms with Crippen molar-refractivity contribution in [2.45, 2.75) is 13.1 Å². The van der Waals surface area contributed by atoms with Gasteiger partial charge in [0.15, 0.2) is 0 Å².